The minimum absolute atomic E-state index is 0. The molecule has 5 nitrogen and oxygen atoms in total. The zero-order chi connectivity index (χ0) is 15.7. The predicted molar refractivity (Wildman–Crippen MR) is 102 cm³/mol. The third kappa shape index (κ3) is 4.21. The number of hydrogen-bond acceptors (Lipinski definition) is 3. The number of imidazole rings is 1. The highest BCUT2D eigenvalue weighted by molar-refractivity contribution is 5.85. The highest BCUT2D eigenvalue weighted by Crippen LogP contribution is 2.23. The monoisotopic (exact) mass is 372 g/mol. The van der Waals surface area contributed by atoms with Crippen LogP contribution in [-0.4, -0.2) is 39.9 Å². The van der Waals surface area contributed by atoms with E-state index in [1.54, 1.807) is 0 Å². The Morgan fingerprint density at radius 1 is 1.42 bits per heavy atom. The van der Waals surface area contributed by atoms with Crippen LogP contribution >= 0.6 is 24.8 Å². The van der Waals surface area contributed by atoms with Gasteiger partial charge < -0.3 is 15.6 Å². The number of likely N-dealkylation sites (tertiary alicyclic amines) is 1. The number of rotatable bonds is 4. The maximum Gasteiger partial charge on any atom is 0.223 e. The van der Waals surface area contributed by atoms with Crippen molar-refractivity contribution in [3.8, 4) is 0 Å². The third-order valence-electron chi connectivity index (χ3n) is 4.65. The number of benzene rings is 1. The number of aryl methyl sites for hydroxylation is 2. The molecule has 1 amide bonds. The molecule has 1 fully saturated rings. The molecule has 1 aromatic heterocycles. The number of aromatic nitrogens is 2. The fraction of sp³-hybridized carbons (Fsp3) is 0.529. The van der Waals surface area contributed by atoms with Gasteiger partial charge in [-0.25, -0.2) is 4.98 Å². The van der Waals surface area contributed by atoms with Crippen molar-refractivity contribution in [2.45, 2.75) is 39.2 Å². The van der Waals surface area contributed by atoms with Gasteiger partial charge in [0.15, 0.2) is 0 Å². The van der Waals surface area contributed by atoms with Gasteiger partial charge in [0.25, 0.3) is 0 Å². The van der Waals surface area contributed by atoms with Crippen LogP contribution in [-0.2, 0) is 11.2 Å². The molecule has 0 saturated carbocycles. The van der Waals surface area contributed by atoms with Gasteiger partial charge in [0, 0.05) is 25.4 Å². The minimum Gasteiger partial charge on any atom is -0.342 e. The summed E-state index contributed by atoms with van der Waals surface area (Å²) in [7, 11) is 0. The van der Waals surface area contributed by atoms with E-state index in [0.717, 1.165) is 35.4 Å². The molecule has 1 aliphatic rings. The van der Waals surface area contributed by atoms with Crippen LogP contribution < -0.4 is 5.73 Å². The molecule has 0 aliphatic carbocycles. The Labute approximate surface area is 155 Å². The second-order valence-corrected chi connectivity index (χ2v) is 6.39. The Hall–Kier alpha value is -1.30. The molecule has 3 rings (SSSR count). The maximum atomic E-state index is 12.4. The zero-order valence-corrected chi connectivity index (χ0v) is 15.8. The molecule has 1 aromatic carbocycles. The number of amides is 1. The molecule has 2 heterocycles. The molecule has 2 aromatic rings. The van der Waals surface area contributed by atoms with Crippen LogP contribution in [0.5, 0.6) is 0 Å². The number of nitrogens with zero attached hydrogens (tertiary/aromatic N) is 2. The number of hydrogen-bond donors (Lipinski definition) is 2. The first kappa shape index (κ1) is 20.7. The van der Waals surface area contributed by atoms with Crippen molar-refractivity contribution in [2.75, 3.05) is 13.1 Å². The van der Waals surface area contributed by atoms with E-state index in [4.69, 9.17) is 5.73 Å². The predicted octanol–water partition coefficient (Wildman–Crippen LogP) is 2.84. The summed E-state index contributed by atoms with van der Waals surface area (Å²) in [5.41, 5.74) is 8.93. The molecule has 0 spiro atoms. The number of aromatic amines is 1. The van der Waals surface area contributed by atoms with Crippen molar-refractivity contribution in [3.05, 3.63) is 29.6 Å². The zero-order valence-electron chi connectivity index (χ0n) is 14.1. The van der Waals surface area contributed by atoms with Crippen LogP contribution in [0.25, 0.3) is 11.0 Å². The number of fused-ring (bicyclic) bond motifs is 1. The van der Waals surface area contributed by atoms with Gasteiger partial charge in [0.2, 0.25) is 5.91 Å². The lowest BCUT2D eigenvalue weighted by atomic mass is 10.1. The summed E-state index contributed by atoms with van der Waals surface area (Å²) < 4.78 is 0. The molecular weight excluding hydrogens is 347 g/mol. The topological polar surface area (TPSA) is 75.0 Å². The van der Waals surface area contributed by atoms with E-state index >= 15 is 0 Å². The van der Waals surface area contributed by atoms with Crippen LogP contribution in [0.15, 0.2) is 18.2 Å². The molecule has 2 unspecified atom stereocenters. The lowest BCUT2D eigenvalue weighted by molar-refractivity contribution is -0.131. The van der Waals surface area contributed by atoms with Crippen LogP contribution in [0.3, 0.4) is 0 Å². The van der Waals surface area contributed by atoms with E-state index in [2.05, 4.69) is 29.9 Å². The smallest absolute Gasteiger partial charge is 0.223 e. The average Bonchev–Trinajstić information content (AvgIpc) is 3.09. The van der Waals surface area contributed by atoms with Crippen molar-refractivity contribution in [1.29, 1.82) is 0 Å². The van der Waals surface area contributed by atoms with E-state index in [1.807, 2.05) is 17.0 Å². The second-order valence-electron chi connectivity index (χ2n) is 6.39. The van der Waals surface area contributed by atoms with Crippen molar-refractivity contribution in [2.24, 2.45) is 11.7 Å². The molecule has 3 N–H and O–H groups in total. The largest absolute Gasteiger partial charge is 0.342 e. The summed E-state index contributed by atoms with van der Waals surface area (Å²) in [4.78, 5) is 22.3. The number of nitrogens with one attached hydrogen (secondary N) is 1. The van der Waals surface area contributed by atoms with Crippen LogP contribution in [0, 0.1) is 12.8 Å². The highest BCUT2D eigenvalue weighted by Gasteiger charge is 2.31. The summed E-state index contributed by atoms with van der Waals surface area (Å²) in [6, 6.07) is 6.40. The van der Waals surface area contributed by atoms with Crippen molar-refractivity contribution in [3.63, 3.8) is 0 Å². The lowest BCUT2D eigenvalue weighted by Crippen LogP contribution is -2.34. The first-order valence-electron chi connectivity index (χ1n) is 8.02. The summed E-state index contributed by atoms with van der Waals surface area (Å²) in [5, 5.41) is 0. The first-order valence-corrected chi connectivity index (χ1v) is 8.02. The molecule has 1 aliphatic heterocycles. The Bertz CT molecular complexity index is 688. The van der Waals surface area contributed by atoms with E-state index in [-0.39, 0.29) is 30.7 Å². The molecule has 0 radical (unpaired) electrons. The second kappa shape index (κ2) is 8.70. The van der Waals surface area contributed by atoms with Crippen molar-refractivity contribution < 1.29 is 4.79 Å². The summed E-state index contributed by atoms with van der Waals surface area (Å²) in [6.45, 7) is 5.63. The van der Waals surface area contributed by atoms with Crippen LogP contribution in [0.2, 0.25) is 0 Å². The molecule has 1 saturated heterocycles. The van der Waals surface area contributed by atoms with E-state index in [9.17, 15) is 4.79 Å². The van der Waals surface area contributed by atoms with Crippen LogP contribution in [0.1, 0.15) is 31.2 Å². The van der Waals surface area contributed by atoms with Gasteiger partial charge in [0.05, 0.1) is 11.0 Å². The van der Waals surface area contributed by atoms with Gasteiger partial charge in [-0.05, 0) is 44.4 Å². The molecule has 7 heteroatoms. The lowest BCUT2D eigenvalue weighted by Gasteiger charge is -2.21. The van der Waals surface area contributed by atoms with Gasteiger partial charge in [-0.2, -0.15) is 0 Å². The fourth-order valence-corrected chi connectivity index (χ4v) is 3.37. The number of carbonyl (C=O) groups is 1. The number of para-hydroxylation sites is 1. The average molecular weight is 373 g/mol. The third-order valence-corrected chi connectivity index (χ3v) is 4.65. The Balaban J connectivity index is 0.00000144. The van der Waals surface area contributed by atoms with Gasteiger partial charge in [0.1, 0.15) is 5.82 Å². The number of halogens is 2. The van der Waals surface area contributed by atoms with Crippen LogP contribution in [0.4, 0.5) is 0 Å². The fourth-order valence-electron chi connectivity index (χ4n) is 3.37. The molecule has 134 valence electrons. The standard InChI is InChI=1S/C17H24N4O.2ClH/c1-11-4-3-5-14-17(11)20-15(19-14)6-7-16(22)21-10-13(9-18)8-12(21)2;;/h3-5,12-13H,6-10,18H2,1-2H3,(H,19,20);2*1H. The summed E-state index contributed by atoms with van der Waals surface area (Å²) in [5.74, 6) is 1.55. The maximum absolute atomic E-state index is 12.4. The van der Waals surface area contributed by atoms with Crippen molar-refractivity contribution >= 4 is 41.8 Å². The molecule has 24 heavy (non-hydrogen) atoms. The summed E-state index contributed by atoms with van der Waals surface area (Å²) in [6.07, 6.45) is 2.18. The Kier molecular flexibility index (Phi) is 7.52. The number of carbonyl (C=O) groups excluding carboxylic acids is 1. The minimum atomic E-state index is 0. The quantitative estimate of drug-likeness (QED) is 0.866. The highest BCUT2D eigenvalue weighted by atomic mass is 35.5. The number of nitrogens with two attached hydrogens (primary N) is 1. The van der Waals surface area contributed by atoms with Gasteiger partial charge in [-0.1, -0.05) is 12.1 Å². The summed E-state index contributed by atoms with van der Waals surface area (Å²) >= 11 is 0. The SMILES string of the molecule is Cc1cccc2[nH]c(CCC(=O)N3CC(CN)CC3C)nc12.Cl.Cl. The Morgan fingerprint density at radius 2 is 2.17 bits per heavy atom. The molecule has 2 atom stereocenters. The normalized spacial score (nSPS) is 19.9. The van der Waals surface area contributed by atoms with Gasteiger partial charge in [-0.15, -0.1) is 24.8 Å². The van der Waals surface area contributed by atoms with Gasteiger partial charge >= 0.3 is 0 Å². The first-order chi connectivity index (χ1) is 10.6. The van der Waals surface area contributed by atoms with Crippen molar-refractivity contribution in [1.82, 2.24) is 14.9 Å². The van der Waals surface area contributed by atoms with E-state index < -0.39 is 0 Å². The van der Waals surface area contributed by atoms with E-state index in [0.29, 0.717) is 31.3 Å². The van der Waals surface area contributed by atoms with Gasteiger partial charge in [-0.3, -0.25) is 4.79 Å². The Morgan fingerprint density at radius 3 is 2.79 bits per heavy atom. The number of H-pyrrole nitrogens is 1. The van der Waals surface area contributed by atoms with E-state index in [1.165, 1.54) is 0 Å². The molecule has 0 bridgehead atoms. The molecular formula is C17H26Cl2N4O.